The Bertz CT molecular complexity index is 997. The van der Waals surface area contributed by atoms with Crippen LogP contribution in [0.1, 0.15) is 41.4 Å². The molecule has 3 aromatic carbocycles. The maximum atomic E-state index is 10.2. The average Bonchev–Trinajstić information content (AvgIpc) is 3.33. The van der Waals surface area contributed by atoms with Gasteiger partial charge >= 0.3 is 0 Å². The van der Waals surface area contributed by atoms with Crippen LogP contribution in [0, 0.1) is 0 Å². The van der Waals surface area contributed by atoms with Crippen LogP contribution < -0.4 is 9.47 Å². The zero-order valence-corrected chi connectivity index (χ0v) is 17.7. The molecule has 1 N–H and O–H groups in total. The molecule has 0 bridgehead atoms. The van der Waals surface area contributed by atoms with Gasteiger partial charge in [0.25, 0.3) is 0 Å². The predicted molar refractivity (Wildman–Crippen MR) is 122 cm³/mol. The summed E-state index contributed by atoms with van der Waals surface area (Å²) in [6, 6.07) is 24.4. The number of likely N-dealkylation sites (tertiary alicyclic amines) is 1. The summed E-state index contributed by atoms with van der Waals surface area (Å²) in [6.07, 6.45) is 2.61. The molecule has 2 aliphatic rings. The first kappa shape index (κ1) is 20.0. The van der Waals surface area contributed by atoms with Gasteiger partial charge in [-0.25, -0.2) is 0 Å². The molecule has 1 saturated heterocycles. The largest absolute Gasteiger partial charge is 0.508 e. The summed E-state index contributed by atoms with van der Waals surface area (Å²) in [7, 11) is 0. The van der Waals surface area contributed by atoms with Crippen LogP contribution in [-0.4, -0.2) is 42.9 Å². The SMILES string of the molecule is Oc1ccc2c(c1)C(c1ccc(OCCN3CCCC3)cc1)[C@@H](c1ccccc1)CO2. The van der Waals surface area contributed by atoms with E-state index in [-0.39, 0.29) is 17.6 Å². The molecule has 2 aliphatic heterocycles. The predicted octanol–water partition coefficient (Wildman–Crippen LogP) is 5.17. The first-order valence-corrected chi connectivity index (χ1v) is 11.2. The lowest BCUT2D eigenvalue weighted by Gasteiger charge is -2.34. The molecule has 0 radical (unpaired) electrons. The number of nitrogens with zero attached hydrogens (tertiary/aromatic N) is 1. The van der Waals surface area contributed by atoms with E-state index in [2.05, 4.69) is 53.4 Å². The van der Waals surface area contributed by atoms with Crippen LogP contribution in [0.3, 0.4) is 0 Å². The van der Waals surface area contributed by atoms with E-state index in [1.54, 1.807) is 6.07 Å². The summed E-state index contributed by atoms with van der Waals surface area (Å²) in [6.45, 7) is 4.71. The Balaban J connectivity index is 1.39. The van der Waals surface area contributed by atoms with Crippen LogP contribution in [0.4, 0.5) is 0 Å². The van der Waals surface area contributed by atoms with Crippen molar-refractivity contribution in [3.63, 3.8) is 0 Å². The van der Waals surface area contributed by atoms with Gasteiger partial charge in [0, 0.05) is 23.9 Å². The van der Waals surface area contributed by atoms with Gasteiger partial charge in [0.1, 0.15) is 23.9 Å². The van der Waals surface area contributed by atoms with E-state index in [1.165, 1.54) is 37.1 Å². The zero-order chi connectivity index (χ0) is 21.0. The molecule has 2 atom stereocenters. The Hall–Kier alpha value is -2.98. The van der Waals surface area contributed by atoms with Crippen LogP contribution in [0.15, 0.2) is 72.8 Å². The van der Waals surface area contributed by atoms with Crippen LogP contribution in [0.25, 0.3) is 0 Å². The maximum Gasteiger partial charge on any atom is 0.123 e. The Labute approximate surface area is 184 Å². The fraction of sp³-hybridized carbons (Fsp3) is 0.333. The van der Waals surface area contributed by atoms with Gasteiger partial charge in [0.2, 0.25) is 0 Å². The molecule has 0 spiro atoms. The van der Waals surface area contributed by atoms with Gasteiger partial charge in [-0.2, -0.15) is 0 Å². The Kier molecular flexibility index (Phi) is 5.81. The van der Waals surface area contributed by atoms with Crippen LogP contribution >= 0.6 is 0 Å². The van der Waals surface area contributed by atoms with E-state index in [0.29, 0.717) is 6.61 Å². The number of phenolic OH excluding ortho intramolecular Hbond substituents is 1. The minimum atomic E-state index is 0.108. The Morgan fingerprint density at radius 2 is 1.68 bits per heavy atom. The molecular formula is C27H29NO3. The molecule has 5 rings (SSSR count). The summed E-state index contributed by atoms with van der Waals surface area (Å²) in [5, 5.41) is 10.2. The van der Waals surface area contributed by atoms with E-state index >= 15 is 0 Å². The molecule has 0 saturated carbocycles. The second-order valence-corrected chi connectivity index (χ2v) is 8.49. The highest BCUT2D eigenvalue weighted by Crippen LogP contribution is 2.47. The Morgan fingerprint density at radius 1 is 0.903 bits per heavy atom. The van der Waals surface area contributed by atoms with Gasteiger partial charge < -0.3 is 14.6 Å². The topological polar surface area (TPSA) is 41.9 Å². The summed E-state index contributed by atoms with van der Waals surface area (Å²) >= 11 is 0. The van der Waals surface area contributed by atoms with E-state index in [4.69, 9.17) is 9.47 Å². The van der Waals surface area contributed by atoms with Crippen LogP contribution in [0.5, 0.6) is 17.2 Å². The molecule has 4 heteroatoms. The third-order valence-electron chi connectivity index (χ3n) is 6.49. The molecule has 0 aromatic heterocycles. The lowest BCUT2D eigenvalue weighted by Crippen LogP contribution is -2.25. The summed E-state index contributed by atoms with van der Waals surface area (Å²) < 4.78 is 12.1. The Morgan fingerprint density at radius 3 is 2.45 bits per heavy atom. The van der Waals surface area contributed by atoms with Gasteiger partial charge in [0.05, 0.1) is 6.61 Å². The number of hydrogen-bond acceptors (Lipinski definition) is 4. The minimum absolute atomic E-state index is 0.108. The van der Waals surface area contributed by atoms with E-state index < -0.39 is 0 Å². The highest BCUT2D eigenvalue weighted by atomic mass is 16.5. The number of rotatable bonds is 6. The first-order valence-electron chi connectivity index (χ1n) is 11.2. The van der Waals surface area contributed by atoms with Crippen molar-refractivity contribution in [2.24, 2.45) is 0 Å². The van der Waals surface area contributed by atoms with Crippen LogP contribution in [-0.2, 0) is 0 Å². The quantitative estimate of drug-likeness (QED) is 0.603. The molecule has 3 aromatic rings. The molecule has 4 nitrogen and oxygen atoms in total. The van der Waals surface area contributed by atoms with Crippen molar-refractivity contribution in [1.82, 2.24) is 4.90 Å². The lowest BCUT2D eigenvalue weighted by atomic mass is 9.76. The van der Waals surface area contributed by atoms with Gasteiger partial charge in [-0.05, 0) is 67.4 Å². The van der Waals surface area contributed by atoms with Crippen molar-refractivity contribution in [2.45, 2.75) is 24.7 Å². The number of benzene rings is 3. The standard InChI is InChI=1S/C27H29NO3/c29-22-10-13-26-24(18-22)27(25(19-31-26)20-6-2-1-3-7-20)21-8-11-23(12-9-21)30-17-16-28-14-4-5-15-28/h1-3,6-13,18,25,27,29H,4-5,14-17,19H2/t25-,27?/m1/s1. The number of hydrogen-bond donors (Lipinski definition) is 1. The van der Waals surface area contributed by atoms with Crippen LogP contribution in [0.2, 0.25) is 0 Å². The normalized spacial score (nSPS) is 20.8. The summed E-state index contributed by atoms with van der Waals surface area (Å²) in [5.74, 6) is 2.31. The van der Waals surface area contributed by atoms with E-state index in [1.807, 2.05) is 18.2 Å². The second kappa shape index (κ2) is 9.03. The number of ether oxygens (including phenoxy) is 2. The van der Waals surface area contributed by atoms with Gasteiger partial charge in [-0.1, -0.05) is 42.5 Å². The summed E-state index contributed by atoms with van der Waals surface area (Å²) in [5.41, 5.74) is 3.48. The lowest BCUT2D eigenvalue weighted by molar-refractivity contribution is 0.237. The summed E-state index contributed by atoms with van der Waals surface area (Å²) in [4.78, 5) is 2.46. The fourth-order valence-electron chi connectivity index (χ4n) is 4.87. The highest BCUT2D eigenvalue weighted by molar-refractivity contribution is 5.51. The van der Waals surface area contributed by atoms with Crippen molar-refractivity contribution >= 4 is 0 Å². The maximum absolute atomic E-state index is 10.2. The monoisotopic (exact) mass is 415 g/mol. The average molecular weight is 416 g/mol. The number of fused-ring (bicyclic) bond motifs is 1. The molecular weight excluding hydrogens is 386 g/mol. The molecule has 1 fully saturated rings. The first-order chi connectivity index (χ1) is 15.3. The third kappa shape index (κ3) is 4.40. The fourth-order valence-corrected chi connectivity index (χ4v) is 4.87. The molecule has 0 aliphatic carbocycles. The zero-order valence-electron chi connectivity index (χ0n) is 17.7. The van der Waals surface area contributed by atoms with Crippen molar-refractivity contribution in [3.05, 3.63) is 89.5 Å². The van der Waals surface area contributed by atoms with Crippen molar-refractivity contribution in [3.8, 4) is 17.2 Å². The molecule has 31 heavy (non-hydrogen) atoms. The number of phenols is 1. The second-order valence-electron chi connectivity index (χ2n) is 8.49. The van der Waals surface area contributed by atoms with Crippen molar-refractivity contribution < 1.29 is 14.6 Å². The van der Waals surface area contributed by atoms with Gasteiger partial charge in [0.15, 0.2) is 0 Å². The van der Waals surface area contributed by atoms with E-state index in [9.17, 15) is 5.11 Å². The third-order valence-corrected chi connectivity index (χ3v) is 6.49. The molecule has 1 unspecified atom stereocenters. The molecule has 2 heterocycles. The van der Waals surface area contributed by atoms with Crippen molar-refractivity contribution in [1.29, 1.82) is 0 Å². The highest BCUT2D eigenvalue weighted by Gasteiger charge is 2.33. The number of aromatic hydroxyl groups is 1. The van der Waals surface area contributed by atoms with Crippen molar-refractivity contribution in [2.75, 3.05) is 32.8 Å². The van der Waals surface area contributed by atoms with E-state index in [0.717, 1.165) is 30.2 Å². The smallest absolute Gasteiger partial charge is 0.123 e. The minimum Gasteiger partial charge on any atom is -0.508 e. The van der Waals surface area contributed by atoms with Gasteiger partial charge in [-0.15, -0.1) is 0 Å². The van der Waals surface area contributed by atoms with Gasteiger partial charge in [-0.3, -0.25) is 4.90 Å². The molecule has 0 amide bonds. The molecule has 160 valence electrons.